The summed E-state index contributed by atoms with van der Waals surface area (Å²) in [6.45, 7) is 0.458. The van der Waals surface area contributed by atoms with E-state index in [0.29, 0.717) is 12.5 Å². The first-order valence-electron chi connectivity index (χ1n) is 5.47. The van der Waals surface area contributed by atoms with E-state index in [4.69, 9.17) is 16.2 Å². The number of nitrogens with two attached hydrogens (primary N) is 2. The molecular weight excluding hydrogens is 230 g/mol. The van der Waals surface area contributed by atoms with E-state index in [1.807, 2.05) is 24.3 Å². The SMILES string of the molecule is COc1ccc(CN=C(N)N=C(N)N(C)C)cc1. The first kappa shape index (κ1) is 13.8. The highest BCUT2D eigenvalue weighted by atomic mass is 16.5. The van der Waals surface area contributed by atoms with Crippen LogP contribution in [0.2, 0.25) is 0 Å². The zero-order chi connectivity index (χ0) is 13.5. The zero-order valence-electron chi connectivity index (χ0n) is 10.9. The number of hydrogen-bond donors (Lipinski definition) is 2. The van der Waals surface area contributed by atoms with Crippen molar-refractivity contribution in [1.29, 1.82) is 0 Å². The number of aliphatic imine (C=N–C) groups is 2. The lowest BCUT2D eigenvalue weighted by molar-refractivity contribution is 0.414. The topological polar surface area (TPSA) is 89.2 Å². The fourth-order valence-electron chi connectivity index (χ4n) is 1.16. The monoisotopic (exact) mass is 249 g/mol. The Morgan fingerprint density at radius 3 is 2.33 bits per heavy atom. The molecule has 0 amide bonds. The molecule has 0 saturated heterocycles. The number of hydrogen-bond acceptors (Lipinski definition) is 2. The van der Waals surface area contributed by atoms with Crippen molar-refractivity contribution >= 4 is 11.9 Å². The van der Waals surface area contributed by atoms with Gasteiger partial charge in [0.05, 0.1) is 13.7 Å². The van der Waals surface area contributed by atoms with Gasteiger partial charge in [0.2, 0.25) is 5.96 Å². The van der Waals surface area contributed by atoms with Crippen LogP contribution in [0.25, 0.3) is 0 Å². The molecule has 1 aromatic carbocycles. The molecule has 0 fully saturated rings. The van der Waals surface area contributed by atoms with Crippen LogP contribution in [-0.2, 0) is 6.54 Å². The van der Waals surface area contributed by atoms with Gasteiger partial charge < -0.3 is 21.1 Å². The summed E-state index contributed by atoms with van der Waals surface area (Å²) in [7, 11) is 5.20. The highest BCUT2D eigenvalue weighted by Gasteiger charge is 1.97. The molecule has 0 aliphatic rings. The third kappa shape index (κ3) is 4.32. The van der Waals surface area contributed by atoms with Gasteiger partial charge in [-0.15, -0.1) is 0 Å². The average molecular weight is 249 g/mol. The summed E-state index contributed by atoms with van der Waals surface area (Å²) in [6.07, 6.45) is 0. The molecule has 0 bridgehead atoms. The minimum absolute atomic E-state index is 0.164. The van der Waals surface area contributed by atoms with Gasteiger partial charge in [-0.2, -0.15) is 4.99 Å². The van der Waals surface area contributed by atoms with Crippen molar-refractivity contribution in [1.82, 2.24) is 4.90 Å². The van der Waals surface area contributed by atoms with Crippen molar-refractivity contribution in [3.63, 3.8) is 0 Å². The molecule has 0 saturated carbocycles. The molecule has 1 aromatic rings. The first-order chi connectivity index (χ1) is 8.52. The van der Waals surface area contributed by atoms with Crippen LogP contribution in [0.3, 0.4) is 0 Å². The molecule has 0 radical (unpaired) electrons. The third-order valence-corrected chi connectivity index (χ3v) is 2.27. The van der Waals surface area contributed by atoms with Crippen LogP contribution in [-0.4, -0.2) is 38.0 Å². The zero-order valence-corrected chi connectivity index (χ0v) is 10.9. The van der Waals surface area contributed by atoms with E-state index in [-0.39, 0.29) is 5.96 Å². The van der Waals surface area contributed by atoms with E-state index in [0.717, 1.165) is 11.3 Å². The van der Waals surface area contributed by atoms with Gasteiger partial charge in [0.25, 0.3) is 0 Å². The van der Waals surface area contributed by atoms with E-state index in [1.54, 1.807) is 26.1 Å². The molecule has 6 nitrogen and oxygen atoms in total. The second kappa shape index (κ2) is 6.48. The molecule has 6 heteroatoms. The Balaban J connectivity index is 2.65. The van der Waals surface area contributed by atoms with Crippen molar-refractivity contribution in [2.75, 3.05) is 21.2 Å². The Morgan fingerprint density at radius 2 is 1.83 bits per heavy atom. The van der Waals surface area contributed by atoms with Gasteiger partial charge in [-0.05, 0) is 17.7 Å². The molecule has 18 heavy (non-hydrogen) atoms. The van der Waals surface area contributed by atoms with Crippen LogP contribution in [0, 0.1) is 0 Å². The summed E-state index contributed by atoms with van der Waals surface area (Å²) in [5.74, 6) is 1.30. The Labute approximate surface area is 107 Å². The second-order valence-electron chi connectivity index (χ2n) is 3.89. The van der Waals surface area contributed by atoms with E-state index in [2.05, 4.69) is 9.98 Å². The fourth-order valence-corrected chi connectivity index (χ4v) is 1.16. The van der Waals surface area contributed by atoms with Crippen molar-refractivity contribution in [3.8, 4) is 5.75 Å². The maximum atomic E-state index is 5.65. The lowest BCUT2D eigenvalue weighted by Crippen LogP contribution is -2.32. The van der Waals surface area contributed by atoms with E-state index >= 15 is 0 Å². The summed E-state index contributed by atoms with van der Waals surface area (Å²) in [4.78, 5) is 9.74. The predicted molar refractivity (Wildman–Crippen MR) is 73.6 cm³/mol. The van der Waals surface area contributed by atoms with E-state index < -0.39 is 0 Å². The van der Waals surface area contributed by atoms with Crippen LogP contribution in [0.5, 0.6) is 5.75 Å². The van der Waals surface area contributed by atoms with Crippen molar-refractivity contribution < 1.29 is 4.74 Å². The Morgan fingerprint density at radius 1 is 1.22 bits per heavy atom. The van der Waals surface area contributed by atoms with Gasteiger partial charge in [0.15, 0.2) is 5.96 Å². The molecule has 0 spiro atoms. The smallest absolute Gasteiger partial charge is 0.218 e. The maximum absolute atomic E-state index is 5.65. The molecule has 0 aliphatic carbocycles. The predicted octanol–water partition coefficient (Wildman–Crippen LogP) is 0.386. The standard InChI is InChI=1S/C12H19N5O/c1-17(2)12(14)16-11(13)15-8-9-4-6-10(18-3)7-5-9/h4-7H,8H2,1-3H3,(H4,13,14,15,16). The highest BCUT2D eigenvalue weighted by molar-refractivity contribution is 5.93. The molecule has 98 valence electrons. The van der Waals surface area contributed by atoms with Gasteiger partial charge >= 0.3 is 0 Å². The highest BCUT2D eigenvalue weighted by Crippen LogP contribution is 2.11. The lowest BCUT2D eigenvalue weighted by atomic mass is 10.2. The van der Waals surface area contributed by atoms with Gasteiger partial charge in [-0.1, -0.05) is 12.1 Å². The van der Waals surface area contributed by atoms with Crippen LogP contribution < -0.4 is 16.2 Å². The molecule has 0 heterocycles. The Kier molecular flexibility index (Phi) is 4.98. The van der Waals surface area contributed by atoms with Gasteiger partial charge in [-0.25, -0.2) is 4.99 Å². The van der Waals surface area contributed by atoms with E-state index in [1.165, 1.54) is 0 Å². The quantitative estimate of drug-likeness (QED) is 0.599. The molecule has 0 atom stereocenters. The van der Waals surface area contributed by atoms with Gasteiger partial charge in [0.1, 0.15) is 5.75 Å². The number of guanidine groups is 2. The summed E-state index contributed by atoms with van der Waals surface area (Å²) in [5.41, 5.74) is 12.3. The summed E-state index contributed by atoms with van der Waals surface area (Å²) >= 11 is 0. The Bertz CT molecular complexity index is 436. The summed E-state index contributed by atoms with van der Waals surface area (Å²) in [6, 6.07) is 7.60. The lowest BCUT2D eigenvalue weighted by Gasteiger charge is -2.09. The average Bonchev–Trinajstić information content (AvgIpc) is 2.36. The van der Waals surface area contributed by atoms with Crippen LogP contribution in [0.15, 0.2) is 34.3 Å². The minimum Gasteiger partial charge on any atom is -0.497 e. The number of methoxy groups -OCH3 is 1. The summed E-state index contributed by atoms with van der Waals surface area (Å²) in [5, 5.41) is 0. The van der Waals surface area contributed by atoms with Crippen molar-refractivity contribution in [2.45, 2.75) is 6.54 Å². The largest absolute Gasteiger partial charge is 0.497 e. The number of nitrogens with zero attached hydrogens (tertiary/aromatic N) is 3. The number of ether oxygens (including phenoxy) is 1. The number of benzene rings is 1. The van der Waals surface area contributed by atoms with Crippen LogP contribution >= 0.6 is 0 Å². The van der Waals surface area contributed by atoms with Gasteiger partial charge in [0, 0.05) is 14.1 Å². The van der Waals surface area contributed by atoms with Crippen molar-refractivity contribution in [2.24, 2.45) is 21.5 Å². The van der Waals surface area contributed by atoms with E-state index in [9.17, 15) is 0 Å². The molecule has 0 aliphatic heterocycles. The minimum atomic E-state index is 0.164. The maximum Gasteiger partial charge on any atom is 0.218 e. The molecule has 0 unspecified atom stereocenters. The normalized spacial score (nSPS) is 12.4. The first-order valence-corrected chi connectivity index (χ1v) is 5.47. The number of rotatable bonds is 3. The Hall–Kier alpha value is -2.24. The molecule has 1 rings (SSSR count). The molecule has 0 aromatic heterocycles. The second-order valence-corrected chi connectivity index (χ2v) is 3.89. The van der Waals surface area contributed by atoms with Crippen molar-refractivity contribution in [3.05, 3.63) is 29.8 Å². The third-order valence-electron chi connectivity index (χ3n) is 2.27. The molecular formula is C12H19N5O. The van der Waals surface area contributed by atoms with Crippen LogP contribution in [0.1, 0.15) is 5.56 Å². The summed E-state index contributed by atoms with van der Waals surface area (Å²) < 4.78 is 5.07. The molecule has 4 N–H and O–H groups in total. The van der Waals surface area contributed by atoms with Gasteiger partial charge in [-0.3, -0.25) is 0 Å². The van der Waals surface area contributed by atoms with Crippen LogP contribution in [0.4, 0.5) is 0 Å². The fraction of sp³-hybridized carbons (Fsp3) is 0.333.